The molecule has 5 nitrogen and oxygen atoms in total. The molecule has 0 atom stereocenters. The Bertz CT molecular complexity index is 852. The minimum Gasteiger partial charge on any atom is -0.478 e. The Balaban J connectivity index is 1.88. The van der Waals surface area contributed by atoms with Gasteiger partial charge in [0.15, 0.2) is 0 Å². The molecule has 0 unspecified atom stereocenters. The third-order valence-electron chi connectivity index (χ3n) is 3.78. The van der Waals surface area contributed by atoms with E-state index in [0.29, 0.717) is 0 Å². The molecule has 4 rings (SSSR count). The number of aromatic carboxylic acids is 1. The topological polar surface area (TPSA) is 67.1 Å². The molecule has 3 heterocycles. The highest BCUT2D eigenvalue weighted by Crippen LogP contribution is 2.35. The van der Waals surface area contributed by atoms with Crippen LogP contribution in [0.3, 0.4) is 0 Å². The number of carboxylic acids is 1. The fraction of sp³-hybridized carbons (Fsp3) is 0.125. The summed E-state index contributed by atoms with van der Waals surface area (Å²) in [6.07, 6.45) is 0.930. The summed E-state index contributed by atoms with van der Waals surface area (Å²) in [7, 11) is 0. The number of nitrogens with zero attached hydrogens (tertiary/aromatic N) is 2. The molecule has 3 aromatic rings. The van der Waals surface area contributed by atoms with Gasteiger partial charge in [-0.3, -0.25) is 0 Å². The van der Waals surface area contributed by atoms with Gasteiger partial charge in [0.05, 0.1) is 16.9 Å². The second-order valence-corrected chi connectivity index (χ2v) is 5.91. The lowest BCUT2D eigenvalue weighted by Crippen LogP contribution is -2.05. The molecule has 0 saturated heterocycles. The van der Waals surface area contributed by atoms with Gasteiger partial charge in [-0.1, -0.05) is 6.07 Å². The molecule has 0 bridgehead atoms. The molecule has 22 heavy (non-hydrogen) atoms. The van der Waals surface area contributed by atoms with Crippen LogP contribution < -0.4 is 5.32 Å². The second kappa shape index (κ2) is 4.99. The summed E-state index contributed by atoms with van der Waals surface area (Å²) in [5.74, 6) is 0.0282. The van der Waals surface area contributed by atoms with E-state index in [-0.39, 0.29) is 5.56 Å². The average Bonchev–Trinajstić information content (AvgIpc) is 3.24. The first kappa shape index (κ1) is 13.1. The zero-order valence-corrected chi connectivity index (χ0v) is 12.4. The van der Waals surface area contributed by atoms with E-state index in [0.717, 1.165) is 35.7 Å². The van der Waals surface area contributed by atoms with Crippen LogP contribution in [0, 0.1) is 0 Å². The summed E-state index contributed by atoms with van der Waals surface area (Å²) in [6.45, 7) is 0.878. The van der Waals surface area contributed by atoms with Gasteiger partial charge in [-0.15, -0.1) is 0 Å². The Hall–Kier alpha value is -2.60. The number of anilines is 1. The predicted octanol–water partition coefficient (Wildman–Crippen LogP) is 3.27. The van der Waals surface area contributed by atoms with Crippen molar-refractivity contribution in [1.29, 1.82) is 0 Å². The first-order valence-electron chi connectivity index (χ1n) is 6.96. The molecule has 0 amide bonds. The lowest BCUT2D eigenvalue weighted by Gasteiger charge is -2.07. The van der Waals surface area contributed by atoms with E-state index in [1.165, 1.54) is 5.56 Å². The van der Waals surface area contributed by atoms with Crippen molar-refractivity contribution in [2.45, 2.75) is 6.42 Å². The van der Waals surface area contributed by atoms with Crippen LogP contribution in [0.15, 0.2) is 41.1 Å². The van der Waals surface area contributed by atoms with Gasteiger partial charge in [0.1, 0.15) is 5.82 Å². The summed E-state index contributed by atoms with van der Waals surface area (Å²) in [5.41, 5.74) is 4.29. The lowest BCUT2D eigenvalue weighted by molar-refractivity contribution is 0.0697. The number of nitrogens with one attached hydrogen (secondary N) is 1. The molecule has 0 aliphatic carbocycles. The van der Waals surface area contributed by atoms with Crippen molar-refractivity contribution < 1.29 is 9.90 Å². The number of carboxylic acid groups (broad SMARTS) is 1. The standard InChI is InChI=1S/C16H13N3O2S/c20-16(21)10-2-1-3-12(8-10)19-15-13(4-6-17-15)14(18-19)11-5-7-22-9-11/h1-3,5,7-9,17H,4,6H2,(H,20,21). The number of rotatable bonds is 3. The smallest absolute Gasteiger partial charge is 0.335 e. The number of fused-ring (bicyclic) bond motifs is 1. The van der Waals surface area contributed by atoms with Gasteiger partial charge in [-0.05, 0) is 36.1 Å². The molecule has 6 heteroatoms. The molecule has 2 aromatic heterocycles. The van der Waals surface area contributed by atoms with Crippen molar-refractivity contribution in [3.63, 3.8) is 0 Å². The molecule has 0 radical (unpaired) electrons. The predicted molar refractivity (Wildman–Crippen MR) is 86.0 cm³/mol. The summed E-state index contributed by atoms with van der Waals surface area (Å²) < 4.78 is 1.81. The van der Waals surface area contributed by atoms with Crippen molar-refractivity contribution in [3.05, 3.63) is 52.2 Å². The zero-order chi connectivity index (χ0) is 15.1. The Kier molecular flexibility index (Phi) is 2.97. The number of aromatic nitrogens is 2. The highest BCUT2D eigenvalue weighted by Gasteiger charge is 2.24. The number of hydrogen-bond donors (Lipinski definition) is 2. The average molecular weight is 311 g/mol. The second-order valence-electron chi connectivity index (χ2n) is 5.13. The molecule has 0 fully saturated rings. The monoisotopic (exact) mass is 311 g/mol. The van der Waals surface area contributed by atoms with Crippen LogP contribution in [0.1, 0.15) is 15.9 Å². The number of carbonyl (C=O) groups is 1. The molecule has 1 aromatic carbocycles. The van der Waals surface area contributed by atoms with Gasteiger partial charge in [-0.2, -0.15) is 16.4 Å². The Labute approximate surface area is 130 Å². The minimum absolute atomic E-state index is 0.261. The van der Waals surface area contributed by atoms with Crippen LogP contribution in [0.2, 0.25) is 0 Å². The van der Waals surface area contributed by atoms with Crippen LogP contribution in [-0.2, 0) is 6.42 Å². The Morgan fingerprint density at radius 3 is 3.05 bits per heavy atom. The minimum atomic E-state index is -0.934. The highest BCUT2D eigenvalue weighted by atomic mass is 32.1. The molecular weight excluding hydrogens is 298 g/mol. The van der Waals surface area contributed by atoms with Crippen LogP contribution in [-0.4, -0.2) is 27.4 Å². The van der Waals surface area contributed by atoms with Gasteiger partial charge < -0.3 is 10.4 Å². The summed E-state index contributed by atoms with van der Waals surface area (Å²) in [6, 6.07) is 8.91. The third-order valence-corrected chi connectivity index (χ3v) is 4.47. The fourth-order valence-electron chi connectivity index (χ4n) is 2.76. The van der Waals surface area contributed by atoms with Crippen molar-refractivity contribution in [2.24, 2.45) is 0 Å². The third kappa shape index (κ3) is 2.00. The van der Waals surface area contributed by atoms with Crippen molar-refractivity contribution in [3.8, 4) is 16.9 Å². The Morgan fingerprint density at radius 1 is 1.36 bits per heavy atom. The van der Waals surface area contributed by atoms with Gasteiger partial charge in [-0.25, -0.2) is 9.48 Å². The van der Waals surface area contributed by atoms with Gasteiger partial charge >= 0.3 is 5.97 Å². The van der Waals surface area contributed by atoms with E-state index in [1.807, 2.05) is 16.1 Å². The Morgan fingerprint density at radius 2 is 2.27 bits per heavy atom. The van der Waals surface area contributed by atoms with E-state index in [4.69, 9.17) is 10.2 Å². The van der Waals surface area contributed by atoms with Crippen molar-refractivity contribution in [1.82, 2.24) is 9.78 Å². The molecule has 110 valence electrons. The summed E-state index contributed by atoms with van der Waals surface area (Å²) >= 11 is 1.64. The molecular formula is C16H13N3O2S. The van der Waals surface area contributed by atoms with Gasteiger partial charge in [0, 0.05) is 23.1 Å². The van der Waals surface area contributed by atoms with E-state index in [2.05, 4.69) is 16.8 Å². The molecule has 1 aliphatic rings. The van der Waals surface area contributed by atoms with E-state index < -0.39 is 5.97 Å². The zero-order valence-electron chi connectivity index (χ0n) is 11.6. The van der Waals surface area contributed by atoms with E-state index in [1.54, 1.807) is 29.5 Å². The largest absolute Gasteiger partial charge is 0.478 e. The molecule has 0 spiro atoms. The van der Waals surface area contributed by atoms with Crippen LogP contribution in [0.25, 0.3) is 16.9 Å². The molecule has 1 aliphatic heterocycles. The summed E-state index contributed by atoms with van der Waals surface area (Å²) in [5, 5.41) is 21.3. The number of hydrogen-bond acceptors (Lipinski definition) is 4. The van der Waals surface area contributed by atoms with Crippen molar-refractivity contribution in [2.75, 3.05) is 11.9 Å². The van der Waals surface area contributed by atoms with Crippen LogP contribution >= 0.6 is 11.3 Å². The summed E-state index contributed by atoms with van der Waals surface area (Å²) in [4.78, 5) is 11.2. The maximum atomic E-state index is 11.2. The first-order chi connectivity index (χ1) is 10.7. The van der Waals surface area contributed by atoms with Gasteiger partial charge in [0.2, 0.25) is 0 Å². The normalized spacial score (nSPS) is 12.9. The van der Waals surface area contributed by atoms with E-state index >= 15 is 0 Å². The van der Waals surface area contributed by atoms with Crippen LogP contribution in [0.5, 0.6) is 0 Å². The van der Waals surface area contributed by atoms with E-state index in [9.17, 15) is 4.79 Å². The van der Waals surface area contributed by atoms with Crippen molar-refractivity contribution >= 4 is 23.1 Å². The first-order valence-corrected chi connectivity index (χ1v) is 7.90. The maximum Gasteiger partial charge on any atom is 0.335 e. The fourth-order valence-corrected chi connectivity index (χ4v) is 3.40. The number of benzene rings is 1. The SMILES string of the molecule is O=C(O)c1cccc(-n2nc(-c3ccsc3)c3c2NCC3)c1. The van der Waals surface area contributed by atoms with Gasteiger partial charge in [0.25, 0.3) is 0 Å². The molecule has 2 N–H and O–H groups in total. The van der Waals surface area contributed by atoms with Crippen LogP contribution in [0.4, 0.5) is 5.82 Å². The quantitative estimate of drug-likeness (QED) is 0.779. The lowest BCUT2D eigenvalue weighted by atomic mass is 10.1. The maximum absolute atomic E-state index is 11.2. The molecule has 0 saturated carbocycles. The number of thiophene rings is 1. The highest BCUT2D eigenvalue weighted by molar-refractivity contribution is 7.08.